The molecule has 0 unspecified atom stereocenters. The molecule has 0 fully saturated rings. The number of carbonyl (C=O) groups is 1. The van der Waals surface area contributed by atoms with Gasteiger partial charge in [-0.05, 0) is 44.9 Å². The smallest absolute Gasteiger partial charge is 0.271 e. The predicted octanol–water partition coefficient (Wildman–Crippen LogP) is 2.69. The molecule has 0 atom stereocenters. The molecule has 2 heterocycles. The fourth-order valence-corrected chi connectivity index (χ4v) is 2.90. The van der Waals surface area contributed by atoms with Gasteiger partial charge in [0.25, 0.3) is 5.91 Å². The van der Waals surface area contributed by atoms with Gasteiger partial charge in [0.15, 0.2) is 0 Å². The van der Waals surface area contributed by atoms with E-state index in [1.165, 1.54) is 12.4 Å². The second-order valence-corrected chi connectivity index (χ2v) is 6.04. The van der Waals surface area contributed by atoms with E-state index >= 15 is 0 Å². The Morgan fingerprint density at radius 1 is 1.29 bits per heavy atom. The first-order chi connectivity index (χ1) is 11.6. The van der Waals surface area contributed by atoms with Crippen molar-refractivity contribution in [3.8, 4) is 0 Å². The maximum atomic E-state index is 11.9. The Bertz CT molecular complexity index is 854. The highest BCUT2D eigenvalue weighted by atomic mass is 16.1. The van der Waals surface area contributed by atoms with Crippen LogP contribution in [0.25, 0.3) is 11.0 Å². The number of nitrogens with zero attached hydrogens (tertiary/aromatic N) is 4. The molecule has 24 heavy (non-hydrogen) atoms. The molecule has 2 aromatic heterocycles. The summed E-state index contributed by atoms with van der Waals surface area (Å²) in [7, 11) is 0. The van der Waals surface area contributed by atoms with Crippen LogP contribution in [-0.4, -0.2) is 32.0 Å². The van der Waals surface area contributed by atoms with Gasteiger partial charge in [0.05, 0.1) is 17.2 Å². The summed E-state index contributed by atoms with van der Waals surface area (Å²) in [5, 5.41) is 2.86. The molecule has 6 heteroatoms. The van der Waals surface area contributed by atoms with E-state index < -0.39 is 0 Å². The van der Waals surface area contributed by atoms with Gasteiger partial charge in [0.2, 0.25) is 0 Å². The average Bonchev–Trinajstić information content (AvgIpc) is 2.90. The molecule has 1 aromatic carbocycles. The fourth-order valence-electron chi connectivity index (χ4n) is 2.90. The summed E-state index contributed by atoms with van der Waals surface area (Å²) < 4.78 is 2.23. The van der Waals surface area contributed by atoms with Crippen LogP contribution in [0.3, 0.4) is 0 Å². The van der Waals surface area contributed by atoms with Gasteiger partial charge in [-0.1, -0.05) is 6.07 Å². The van der Waals surface area contributed by atoms with Gasteiger partial charge in [-0.3, -0.25) is 9.78 Å². The van der Waals surface area contributed by atoms with Crippen LogP contribution in [0.1, 0.15) is 41.8 Å². The van der Waals surface area contributed by atoms with E-state index in [1.807, 2.05) is 6.92 Å². The molecule has 124 valence electrons. The maximum absolute atomic E-state index is 11.9. The van der Waals surface area contributed by atoms with Gasteiger partial charge in [0.1, 0.15) is 11.5 Å². The molecule has 0 spiro atoms. The third-order valence-electron chi connectivity index (χ3n) is 3.94. The SMILES string of the molecule is Cc1nc2cc(CCNC(=O)c3cnccn3)ccc2n1C(C)C. The molecule has 0 aliphatic carbocycles. The van der Waals surface area contributed by atoms with Crippen LogP contribution in [-0.2, 0) is 6.42 Å². The molecule has 0 radical (unpaired) electrons. The first kappa shape index (κ1) is 16.1. The first-order valence-electron chi connectivity index (χ1n) is 8.08. The van der Waals surface area contributed by atoms with E-state index in [4.69, 9.17) is 0 Å². The van der Waals surface area contributed by atoms with Crippen LogP contribution < -0.4 is 5.32 Å². The topological polar surface area (TPSA) is 72.7 Å². The van der Waals surface area contributed by atoms with E-state index in [1.54, 1.807) is 6.20 Å². The van der Waals surface area contributed by atoms with E-state index in [9.17, 15) is 4.79 Å². The molecule has 1 N–H and O–H groups in total. The second kappa shape index (κ2) is 6.78. The Balaban J connectivity index is 1.67. The quantitative estimate of drug-likeness (QED) is 0.783. The zero-order valence-electron chi connectivity index (χ0n) is 14.2. The molecule has 0 aliphatic rings. The zero-order valence-corrected chi connectivity index (χ0v) is 14.2. The summed E-state index contributed by atoms with van der Waals surface area (Å²) in [5.41, 5.74) is 3.63. The summed E-state index contributed by atoms with van der Waals surface area (Å²) in [6.45, 7) is 6.89. The van der Waals surface area contributed by atoms with Crippen LogP contribution in [0, 0.1) is 6.92 Å². The highest BCUT2D eigenvalue weighted by Crippen LogP contribution is 2.21. The summed E-state index contributed by atoms with van der Waals surface area (Å²) in [6, 6.07) is 6.67. The molecular formula is C18H21N5O. The van der Waals surface area contributed by atoms with E-state index in [2.05, 4.69) is 56.9 Å². The van der Waals surface area contributed by atoms with Crippen molar-refractivity contribution in [2.75, 3.05) is 6.54 Å². The number of rotatable bonds is 5. The Morgan fingerprint density at radius 2 is 2.12 bits per heavy atom. The number of aromatic nitrogens is 4. The minimum atomic E-state index is -0.205. The van der Waals surface area contributed by atoms with Crippen molar-refractivity contribution in [3.63, 3.8) is 0 Å². The largest absolute Gasteiger partial charge is 0.350 e. The van der Waals surface area contributed by atoms with Gasteiger partial charge in [-0.15, -0.1) is 0 Å². The number of benzene rings is 1. The summed E-state index contributed by atoms with van der Waals surface area (Å²) in [6.07, 6.45) is 5.26. The van der Waals surface area contributed by atoms with Crippen molar-refractivity contribution in [1.82, 2.24) is 24.8 Å². The van der Waals surface area contributed by atoms with E-state index in [-0.39, 0.29) is 5.91 Å². The maximum Gasteiger partial charge on any atom is 0.271 e. The highest BCUT2D eigenvalue weighted by molar-refractivity contribution is 5.91. The lowest BCUT2D eigenvalue weighted by Gasteiger charge is -2.10. The highest BCUT2D eigenvalue weighted by Gasteiger charge is 2.11. The number of aryl methyl sites for hydroxylation is 1. The lowest BCUT2D eigenvalue weighted by atomic mass is 10.1. The summed E-state index contributed by atoms with van der Waals surface area (Å²) in [5.74, 6) is 0.817. The molecule has 0 saturated carbocycles. The minimum Gasteiger partial charge on any atom is -0.350 e. The molecule has 1 amide bonds. The summed E-state index contributed by atoms with van der Waals surface area (Å²) in [4.78, 5) is 24.5. The monoisotopic (exact) mass is 323 g/mol. The Labute approximate surface area is 141 Å². The molecule has 6 nitrogen and oxygen atoms in total. The van der Waals surface area contributed by atoms with E-state index in [0.29, 0.717) is 18.3 Å². The lowest BCUT2D eigenvalue weighted by Crippen LogP contribution is -2.26. The second-order valence-electron chi connectivity index (χ2n) is 6.04. The standard InChI is InChI=1S/C18H21N5O/c1-12(2)23-13(3)22-15-10-14(4-5-17(15)23)6-7-21-18(24)16-11-19-8-9-20-16/h4-5,8-12H,6-7H2,1-3H3,(H,21,24). The van der Waals surface area contributed by atoms with Crippen molar-refractivity contribution in [2.45, 2.75) is 33.2 Å². The normalized spacial score (nSPS) is 11.2. The van der Waals surface area contributed by atoms with E-state index in [0.717, 1.165) is 28.8 Å². The molecule has 0 saturated heterocycles. The number of fused-ring (bicyclic) bond motifs is 1. The number of hydrogen-bond acceptors (Lipinski definition) is 4. The molecule has 0 aliphatic heterocycles. The van der Waals surface area contributed by atoms with Crippen molar-refractivity contribution < 1.29 is 4.79 Å². The predicted molar refractivity (Wildman–Crippen MR) is 92.9 cm³/mol. The Kier molecular flexibility index (Phi) is 4.55. The molecule has 0 bridgehead atoms. The molecule has 3 aromatic rings. The number of carbonyl (C=O) groups excluding carboxylic acids is 1. The van der Waals surface area contributed by atoms with Crippen LogP contribution in [0.5, 0.6) is 0 Å². The van der Waals surface area contributed by atoms with Gasteiger partial charge in [-0.2, -0.15) is 0 Å². The summed E-state index contributed by atoms with van der Waals surface area (Å²) >= 11 is 0. The average molecular weight is 323 g/mol. The van der Waals surface area contributed by atoms with Crippen molar-refractivity contribution >= 4 is 16.9 Å². The Morgan fingerprint density at radius 3 is 2.83 bits per heavy atom. The van der Waals surface area contributed by atoms with Gasteiger partial charge < -0.3 is 9.88 Å². The van der Waals surface area contributed by atoms with Gasteiger partial charge >= 0.3 is 0 Å². The number of nitrogens with one attached hydrogen (secondary N) is 1. The van der Waals surface area contributed by atoms with Crippen LogP contribution in [0.2, 0.25) is 0 Å². The first-order valence-corrected chi connectivity index (χ1v) is 8.08. The molecular weight excluding hydrogens is 302 g/mol. The minimum absolute atomic E-state index is 0.205. The Hall–Kier alpha value is -2.76. The fraction of sp³-hybridized carbons (Fsp3) is 0.333. The van der Waals surface area contributed by atoms with Gasteiger partial charge in [-0.25, -0.2) is 9.97 Å². The van der Waals surface area contributed by atoms with Crippen LogP contribution in [0.4, 0.5) is 0 Å². The third-order valence-corrected chi connectivity index (χ3v) is 3.94. The number of amides is 1. The van der Waals surface area contributed by atoms with Crippen LogP contribution >= 0.6 is 0 Å². The van der Waals surface area contributed by atoms with Crippen molar-refractivity contribution in [2.24, 2.45) is 0 Å². The van der Waals surface area contributed by atoms with Crippen molar-refractivity contribution in [1.29, 1.82) is 0 Å². The number of hydrogen-bond donors (Lipinski definition) is 1. The zero-order chi connectivity index (χ0) is 17.1. The van der Waals surface area contributed by atoms with Crippen molar-refractivity contribution in [3.05, 3.63) is 53.9 Å². The third kappa shape index (κ3) is 3.27. The lowest BCUT2D eigenvalue weighted by molar-refractivity contribution is 0.0948. The molecule has 3 rings (SSSR count). The van der Waals surface area contributed by atoms with Gasteiger partial charge in [0, 0.05) is 25.0 Å². The van der Waals surface area contributed by atoms with Crippen LogP contribution in [0.15, 0.2) is 36.8 Å². The number of imidazole rings is 1.